The number of nitrogens with two attached hydrogens (primary N) is 2. The molecule has 0 fully saturated rings. The van der Waals surface area contributed by atoms with E-state index in [0.29, 0.717) is 22.0 Å². The summed E-state index contributed by atoms with van der Waals surface area (Å²) in [5.41, 5.74) is 13.8. The third kappa shape index (κ3) is 3.03. The van der Waals surface area contributed by atoms with Gasteiger partial charge in [0.15, 0.2) is 0 Å². The summed E-state index contributed by atoms with van der Waals surface area (Å²) >= 11 is 6.09. The lowest BCUT2D eigenvalue weighted by Gasteiger charge is -2.11. The van der Waals surface area contributed by atoms with Crippen LogP contribution in [-0.2, 0) is 6.61 Å². The van der Waals surface area contributed by atoms with Gasteiger partial charge in [0.05, 0.1) is 5.69 Å². The Morgan fingerprint density at radius 3 is 2.70 bits per heavy atom. The number of para-hydroxylation sites is 1. The monoisotopic (exact) mass is 290 g/mol. The van der Waals surface area contributed by atoms with E-state index < -0.39 is 5.91 Å². The first-order valence-corrected chi connectivity index (χ1v) is 6.43. The number of amides is 1. The Hall–Kier alpha value is -2.20. The second-order valence-electron chi connectivity index (χ2n) is 4.45. The smallest absolute Gasteiger partial charge is 0.248 e. The van der Waals surface area contributed by atoms with Crippen LogP contribution in [0.5, 0.6) is 5.75 Å². The van der Waals surface area contributed by atoms with E-state index in [1.807, 2.05) is 19.1 Å². The van der Waals surface area contributed by atoms with Crippen molar-refractivity contribution in [2.24, 2.45) is 5.73 Å². The quantitative estimate of drug-likeness (QED) is 0.850. The van der Waals surface area contributed by atoms with Crippen LogP contribution in [0.1, 0.15) is 21.5 Å². The molecule has 0 aliphatic carbocycles. The number of anilines is 1. The summed E-state index contributed by atoms with van der Waals surface area (Å²) in [7, 11) is 0. The lowest BCUT2D eigenvalue weighted by Crippen LogP contribution is -2.11. The zero-order valence-corrected chi connectivity index (χ0v) is 11.8. The van der Waals surface area contributed by atoms with Crippen molar-refractivity contribution in [2.75, 3.05) is 5.73 Å². The largest absolute Gasteiger partial charge is 0.487 e. The highest BCUT2D eigenvalue weighted by Crippen LogP contribution is 2.26. The zero-order valence-electron chi connectivity index (χ0n) is 11.0. The second kappa shape index (κ2) is 5.84. The molecule has 5 heteroatoms. The Morgan fingerprint density at radius 2 is 2.05 bits per heavy atom. The van der Waals surface area contributed by atoms with Crippen molar-refractivity contribution in [3.63, 3.8) is 0 Å². The number of nitrogen functional groups attached to an aromatic ring is 1. The summed E-state index contributed by atoms with van der Waals surface area (Å²) in [5.74, 6) is 0.0994. The number of carbonyl (C=O) groups excluding carboxylic acids is 1. The number of primary amides is 1. The van der Waals surface area contributed by atoms with Crippen LogP contribution in [0, 0.1) is 6.92 Å². The first-order chi connectivity index (χ1) is 9.49. The first kappa shape index (κ1) is 14.2. The summed E-state index contributed by atoms with van der Waals surface area (Å²) in [4.78, 5) is 11.0. The number of halogens is 1. The maximum absolute atomic E-state index is 11.0. The average molecular weight is 291 g/mol. The molecule has 104 valence electrons. The van der Waals surface area contributed by atoms with Crippen molar-refractivity contribution in [1.29, 1.82) is 0 Å². The lowest BCUT2D eigenvalue weighted by atomic mass is 10.1. The number of aryl methyl sites for hydroxylation is 1. The van der Waals surface area contributed by atoms with Gasteiger partial charge in [0, 0.05) is 16.1 Å². The summed E-state index contributed by atoms with van der Waals surface area (Å²) in [5, 5.41) is 0.438. The molecule has 2 aromatic rings. The molecule has 2 rings (SSSR count). The molecule has 0 radical (unpaired) electrons. The standard InChI is InChI=1S/C15H15ClN2O2/c1-9-3-2-4-13(14(9)17)20-8-11-6-5-10(15(18)19)7-12(11)16/h2-7H,8,17H2,1H3,(H2,18,19). The molecule has 4 nitrogen and oxygen atoms in total. The summed E-state index contributed by atoms with van der Waals surface area (Å²) in [6.07, 6.45) is 0. The highest BCUT2D eigenvalue weighted by Gasteiger charge is 2.08. The van der Waals surface area contributed by atoms with Crippen molar-refractivity contribution in [3.8, 4) is 5.75 Å². The van der Waals surface area contributed by atoms with E-state index in [9.17, 15) is 4.79 Å². The molecule has 0 aromatic heterocycles. The molecular formula is C15H15ClN2O2. The van der Waals surface area contributed by atoms with E-state index in [2.05, 4.69) is 0 Å². The number of hydrogen-bond acceptors (Lipinski definition) is 3. The van der Waals surface area contributed by atoms with Crippen LogP contribution in [0.2, 0.25) is 5.02 Å². The third-order valence-corrected chi connectivity index (χ3v) is 3.36. The number of carbonyl (C=O) groups is 1. The Balaban J connectivity index is 2.15. The fourth-order valence-corrected chi connectivity index (χ4v) is 1.99. The van der Waals surface area contributed by atoms with Crippen LogP contribution in [-0.4, -0.2) is 5.91 Å². The van der Waals surface area contributed by atoms with E-state index in [4.69, 9.17) is 27.8 Å². The van der Waals surface area contributed by atoms with Gasteiger partial charge in [0.2, 0.25) is 5.91 Å². The molecule has 0 saturated carbocycles. The number of rotatable bonds is 4. The lowest BCUT2D eigenvalue weighted by molar-refractivity contribution is 0.1000. The topological polar surface area (TPSA) is 78.3 Å². The molecule has 0 aliphatic rings. The Morgan fingerprint density at radius 1 is 1.30 bits per heavy atom. The molecule has 1 amide bonds. The van der Waals surface area contributed by atoms with Crippen LogP contribution in [0.15, 0.2) is 36.4 Å². The maximum atomic E-state index is 11.0. The van der Waals surface area contributed by atoms with Gasteiger partial charge in [-0.05, 0) is 30.7 Å². The minimum Gasteiger partial charge on any atom is -0.487 e. The highest BCUT2D eigenvalue weighted by atomic mass is 35.5. The van der Waals surface area contributed by atoms with Gasteiger partial charge >= 0.3 is 0 Å². The van der Waals surface area contributed by atoms with Gasteiger partial charge in [-0.1, -0.05) is 29.8 Å². The van der Waals surface area contributed by atoms with E-state index in [-0.39, 0.29) is 6.61 Å². The number of benzene rings is 2. The van der Waals surface area contributed by atoms with Crippen LogP contribution in [0.4, 0.5) is 5.69 Å². The van der Waals surface area contributed by atoms with Crippen molar-refractivity contribution in [2.45, 2.75) is 13.5 Å². The van der Waals surface area contributed by atoms with Crippen LogP contribution in [0.3, 0.4) is 0 Å². The second-order valence-corrected chi connectivity index (χ2v) is 4.85. The Bertz CT molecular complexity index is 656. The molecule has 0 aliphatic heterocycles. The molecule has 0 bridgehead atoms. The van der Waals surface area contributed by atoms with Gasteiger partial charge < -0.3 is 16.2 Å². The number of ether oxygens (including phenoxy) is 1. The van der Waals surface area contributed by atoms with Crippen LogP contribution < -0.4 is 16.2 Å². The molecule has 20 heavy (non-hydrogen) atoms. The predicted octanol–water partition coefficient (Wildman–Crippen LogP) is 2.91. The van der Waals surface area contributed by atoms with Gasteiger partial charge in [-0.15, -0.1) is 0 Å². The van der Waals surface area contributed by atoms with Gasteiger partial charge in [-0.3, -0.25) is 4.79 Å². The maximum Gasteiger partial charge on any atom is 0.248 e. The van der Waals surface area contributed by atoms with Crippen molar-refractivity contribution in [1.82, 2.24) is 0 Å². The molecule has 0 saturated heterocycles. The van der Waals surface area contributed by atoms with E-state index in [0.717, 1.165) is 11.1 Å². The van der Waals surface area contributed by atoms with Crippen LogP contribution >= 0.6 is 11.6 Å². The number of hydrogen-bond donors (Lipinski definition) is 2. The van der Waals surface area contributed by atoms with Gasteiger partial charge in [0.1, 0.15) is 12.4 Å². The highest BCUT2D eigenvalue weighted by molar-refractivity contribution is 6.31. The summed E-state index contributed by atoms with van der Waals surface area (Å²) in [6, 6.07) is 10.5. The molecule has 0 spiro atoms. The first-order valence-electron chi connectivity index (χ1n) is 6.05. The molecule has 0 unspecified atom stereocenters. The van der Waals surface area contributed by atoms with Gasteiger partial charge in [-0.25, -0.2) is 0 Å². The van der Waals surface area contributed by atoms with Crippen molar-refractivity contribution >= 4 is 23.2 Å². The Labute approximate surface area is 122 Å². The molecular weight excluding hydrogens is 276 g/mol. The van der Waals surface area contributed by atoms with Crippen molar-refractivity contribution in [3.05, 3.63) is 58.1 Å². The van der Waals surface area contributed by atoms with E-state index in [1.54, 1.807) is 18.2 Å². The normalized spacial score (nSPS) is 10.3. The molecule has 2 aromatic carbocycles. The summed E-state index contributed by atoms with van der Waals surface area (Å²) in [6.45, 7) is 2.18. The zero-order chi connectivity index (χ0) is 14.7. The predicted molar refractivity (Wildman–Crippen MR) is 79.9 cm³/mol. The molecule has 0 atom stereocenters. The van der Waals surface area contributed by atoms with Crippen molar-refractivity contribution < 1.29 is 9.53 Å². The average Bonchev–Trinajstić information content (AvgIpc) is 2.41. The molecule has 4 N–H and O–H groups in total. The minimum atomic E-state index is -0.512. The molecule has 0 heterocycles. The summed E-state index contributed by atoms with van der Waals surface area (Å²) < 4.78 is 5.66. The third-order valence-electron chi connectivity index (χ3n) is 3.00. The SMILES string of the molecule is Cc1cccc(OCc2ccc(C(N)=O)cc2Cl)c1N. The fraction of sp³-hybridized carbons (Fsp3) is 0.133. The fourth-order valence-electron chi connectivity index (χ4n) is 1.75. The Kier molecular flexibility index (Phi) is 4.15. The van der Waals surface area contributed by atoms with Crippen LogP contribution in [0.25, 0.3) is 0 Å². The van der Waals surface area contributed by atoms with E-state index in [1.165, 1.54) is 6.07 Å². The van der Waals surface area contributed by atoms with Gasteiger partial charge in [0.25, 0.3) is 0 Å². The minimum absolute atomic E-state index is 0.269. The van der Waals surface area contributed by atoms with E-state index >= 15 is 0 Å². The van der Waals surface area contributed by atoms with Gasteiger partial charge in [-0.2, -0.15) is 0 Å².